The molecule has 0 aliphatic rings. The van der Waals surface area contributed by atoms with Crippen molar-refractivity contribution in [1.82, 2.24) is 0 Å². The molecule has 0 saturated carbocycles. The van der Waals surface area contributed by atoms with E-state index < -0.39 is 5.97 Å². The highest BCUT2D eigenvalue weighted by atomic mass is 16.4. The van der Waals surface area contributed by atoms with Gasteiger partial charge >= 0.3 is 5.97 Å². The lowest BCUT2D eigenvalue weighted by atomic mass is 10.7. The van der Waals surface area contributed by atoms with Crippen LogP contribution < -0.4 is 0 Å². The fraction of sp³-hybridized carbons (Fsp3) is 0. The van der Waals surface area contributed by atoms with Crippen LogP contribution in [0.5, 0.6) is 0 Å². The van der Waals surface area contributed by atoms with E-state index >= 15 is 0 Å². The molecule has 3 heteroatoms. The van der Waals surface area contributed by atoms with Crippen LogP contribution in [0.1, 0.15) is 0 Å². The Morgan fingerprint density at radius 3 is 2.00 bits per heavy atom. The van der Waals surface area contributed by atoms with E-state index in [9.17, 15) is 4.79 Å². The summed E-state index contributed by atoms with van der Waals surface area (Å²) in [5, 5.41) is 7.60. The molecular formula is C3H4O3. The van der Waals surface area contributed by atoms with Crippen molar-refractivity contribution in [3.8, 4) is 0 Å². The average Bonchev–Trinajstić information content (AvgIpc) is 1.38. The first kappa shape index (κ1) is 8.95. The highest BCUT2D eigenvalue weighted by Gasteiger charge is 1.73. The largest absolute Gasteiger partial charge is 0.478 e. The van der Waals surface area contributed by atoms with Crippen LogP contribution in [0.25, 0.3) is 0 Å². The van der Waals surface area contributed by atoms with Gasteiger partial charge in [0.2, 0.25) is 0 Å². The number of hydrogen-bond donors (Lipinski definition) is 1. The van der Waals surface area contributed by atoms with E-state index in [2.05, 4.69) is 6.58 Å². The Morgan fingerprint density at radius 1 is 1.83 bits per heavy atom. The number of rotatable bonds is 1. The first-order valence-electron chi connectivity index (χ1n) is 1.12. The molecule has 0 aromatic heterocycles. The summed E-state index contributed by atoms with van der Waals surface area (Å²) in [6.45, 7) is 2.96. The fourth-order valence-corrected chi connectivity index (χ4v) is 0. The van der Waals surface area contributed by atoms with Gasteiger partial charge in [-0.2, -0.15) is 0 Å². The smallest absolute Gasteiger partial charge is 0.327 e. The van der Waals surface area contributed by atoms with Crippen molar-refractivity contribution < 1.29 is 15.4 Å². The maximum Gasteiger partial charge on any atom is 0.327 e. The SMILES string of the molecule is C=CC(=O)O.[O]. The first-order valence-corrected chi connectivity index (χ1v) is 1.12. The van der Waals surface area contributed by atoms with E-state index in [1.54, 1.807) is 0 Å². The second-order valence-corrected chi connectivity index (χ2v) is 0.542. The van der Waals surface area contributed by atoms with Gasteiger partial charge in [-0.05, 0) is 0 Å². The zero-order valence-electron chi connectivity index (χ0n) is 3.05. The second kappa shape index (κ2) is 4.17. The van der Waals surface area contributed by atoms with Gasteiger partial charge in [0.05, 0.1) is 0 Å². The molecule has 0 heterocycles. The molecule has 1 N–H and O–H groups in total. The van der Waals surface area contributed by atoms with Crippen LogP contribution in [0.2, 0.25) is 0 Å². The minimum atomic E-state index is -0.981. The zero-order valence-corrected chi connectivity index (χ0v) is 3.05. The number of carbonyl (C=O) groups is 1. The summed E-state index contributed by atoms with van der Waals surface area (Å²) >= 11 is 0. The van der Waals surface area contributed by atoms with Crippen molar-refractivity contribution in [2.75, 3.05) is 0 Å². The minimum absolute atomic E-state index is 0. The molecule has 0 atom stereocenters. The van der Waals surface area contributed by atoms with Crippen LogP contribution in [-0.2, 0) is 10.3 Å². The maximum absolute atomic E-state index is 9.25. The van der Waals surface area contributed by atoms with Crippen molar-refractivity contribution in [1.29, 1.82) is 0 Å². The molecule has 6 heavy (non-hydrogen) atoms. The van der Waals surface area contributed by atoms with Gasteiger partial charge in [-0.1, -0.05) is 6.58 Å². The quantitative estimate of drug-likeness (QED) is 0.463. The fourth-order valence-electron chi connectivity index (χ4n) is 0. The zero-order chi connectivity index (χ0) is 4.28. The predicted octanol–water partition coefficient (Wildman–Crippen LogP) is 0.138. The van der Waals surface area contributed by atoms with E-state index in [-0.39, 0.29) is 5.48 Å². The highest BCUT2D eigenvalue weighted by Crippen LogP contribution is 1.54. The molecule has 0 spiro atoms. The summed E-state index contributed by atoms with van der Waals surface area (Å²) in [6.07, 6.45) is 0.833. The molecule has 0 aliphatic carbocycles. The van der Waals surface area contributed by atoms with Gasteiger partial charge in [0.1, 0.15) is 0 Å². The number of aliphatic carboxylic acids is 1. The summed E-state index contributed by atoms with van der Waals surface area (Å²) < 4.78 is 0. The molecule has 0 aromatic rings. The Morgan fingerprint density at radius 2 is 2.00 bits per heavy atom. The minimum Gasteiger partial charge on any atom is -0.478 e. The number of hydrogen-bond acceptors (Lipinski definition) is 1. The molecule has 0 rings (SSSR count). The van der Waals surface area contributed by atoms with Crippen molar-refractivity contribution in [2.24, 2.45) is 0 Å². The van der Waals surface area contributed by atoms with E-state index in [1.165, 1.54) is 0 Å². The summed E-state index contributed by atoms with van der Waals surface area (Å²) in [6, 6.07) is 0. The Bertz CT molecular complexity index is 57.1. The monoisotopic (exact) mass is 88.0 g/mol. The molecule has 0 amide bonds. The second-order valence-electron chi connectivity index (χ2n) is 0.542. The standard InChI is InChI=1S/C3H4O2.O/c1-2-3(4)5;/h2H,1H2,(H,4,5);. The molecule has 0 bridgehead atoms. The highest BCUT2D eigenvalue weighted by molar-refractivity contribution is 5.78. The van der Waals surface area contributed by atoms with E-state index in [0.717, 1.165) is 6.08 Å². The van der Waals surface area contributed by atoms with Gasteiger partial charge in [-0.25, -0.2) is 4.79 Å². The summed E-state index contributed by atoms with van der Waals surface area (Å²) in [5.74, 6) is -0.981. The van der Waals surface area contributed by atoms with E-state index in [1.807, 2.05) is 0 Å². The van der Waals surface area contributed by atoms with Crippen LogP contribution in [0.4, 0.5) is 0 Å². The topological polar surface area (TPSA) is 65.8 Å². The van der Waals surface area contributed by atoms with Gasteiger partial charge in [-0.3, -0.25) is 0 Å². The molecule has 0 unspecified atom stereocenters. The Hall–Kier alpha value is -0.830. The summed E-state index contributed by atoms with van der Waals surface area (Å²) in [7, 11) is 0. The van der Waals surface area contributed by atoms with E-state index in [0.29, 0.717) is 0 Å². The van der Waals surface area contributed by atoms with E-state index in [4.69, 9.17) is 5.11 Å². The Labute approximate surface area is 35.2 Å². The molecular weight excluding hydrogens is 84.0 g/mol. The third-order valence-electron chi connectivity index (χ3n) is 0.175. The van der Waals surface area contributed by atoms with Crippen molar-refractivity contribution in [3.05, 3.63) is 12.7 Å². The van der Waals surface area contributed by atoms with Crippen molar-refractivity contribution in [2.45, 2.75) is 0 Å². The Balaban J connectivity index is 0. The third kappa shape index (κ3) is 10.9. The maximum atomic E-state index is 9.25. The third-order valence-corrected chi connectivity index (χ3v) is 0.175. The normalized spacial score (nSPS) is 5.33. The average molecular weight is 88.1 g/mol. The molecule has 3 nitrogen and oxygen atoms in total. The molecule has 0 aliphatic heterocycles. The first-order chi connectivity index (χ1) is 2.27. The predicted molar refractivity (Wildman–Crippen MR) is 18.5 cm³/mol. The van der Waals surface area contributed by atoms with Gasteiger partial charge < -0.3 is 5.11 Å². The lowest BCUT2D eigenvalue weighted by Gasteiger charge is -1.64. The number of carboxylic acids is 1. The molecule has 0 fully saturated rings. The van der Waals surface area contributed by atoms with Gasteiger partial charge in [-0.15, -0.1) is 0 Å². The van der Waals surface area contributed by atoms with Crippen molar-refractivity contribution in [3.63, 3.8) is 0 Å². The van der Waals surface area contributed by atoms with Crippen LogP contribution in [0, 0.1) is 0 Å². The summed E-state index contributed by atoms with van der Waals surface area (Å²) in [4.78, 5) is 9.25. The van der Waals surface area contributed by atoms with Crippen LogP contribution in [0.3, 0.4) is 0 Å². The lowest BCUT2D eigenvalue weighted by Crippen LogP contribution is -1.82. The van der Waals surface area contributed by atoms with Gasteiger partial charge in [0.25, 0.3) is 0 Å². The van der Waals surface area contributed by atoms with Crippen LogP contribution in [0.15, 0.2) is 12.7 Å². The van der Waals surface area contributed by atoms with Crippen LogP contribution >= 0.6 is 0 Å². The van der Waals surface area contributed by atoms with Crippen molar-refractivity contribution >= 4 is 5.97 Å². The lowest BCUT2D eigenvalue weighted by molar-refractivity contribution is -0.131. The van der Waals surface area contributed by atoms with Gasteiger partial charge in [0.15, 0.2) is 0 Å². The Kier molecular flexibility index (Phi) is 6.22. The molecule has 2 radical (unpaired) electrons. The summed E-state index contributed by atoms with van der Waals surface area (Å²) in [5.41, 5.74) is 0. The number of carboxylic acid groups (broad SMARTS) is 1. The molecule has 0 saturated heterocycles. The molecule has 34 valence electrons. The van der Waals surface area contributed by atoms with Crippen LogP contribution in [-0.4, -0.2) is 11.1 Å². The van der Waals surface area contributed by atoms with Gasteiger partial charge in [0, 0.05) is 11.6 Å². The molecule has 0 aromatic carbocycles.